The summed E-state index contributed by atoms with van der Waals surface area (Å²) in [5.41, 5.74) is 12.7. The molecule has 5 rings (SSSR count). The van der Waals surface area contributed by atoms with Crippen molar-refractivity contribution in [3.05, 3.63) is 120 Å². The number of benzene rings is 3. The van der Waals surface area contributed by atoms with E-state index < -0.39 is 5.54 Å². The van der Waals surface area contributed by atoms with Crippen LogP contribution in [0.15, 0.2) is 103 Å². The first kappa shape index (κ1) is 25.9. The molecule has 0 fully saturated rings. The topological polar surface area (TPSA) is 106 Å². The van der Waals surface area contributed by atoms with Gasteiger partial charge in [0, 0.05) is 29.4 Å². The summed E-state index contributed by atoms with van der Waals surface area (Å²) >= 11 is 0. The summed E-state index contributed by atoms with van der Waals surface area (Å²) in [6.45, 7) is 4.46. The molecule has 7 heteroatoms. The molecule has 0 radical (unpaired) electrons. The van der Waals surface area contributed by atoms with Crippen LogP contribution in [0.5, 0.6) is 5.75 Å². The number of hydrogen-bond acceptors (Lipinski definition) is 5. The summed E-state index contributed by atoms with van der Waals surface area (Å²) in [6, 6.07) is 30.3. The molecule has 3 aromatic carbocycles. The summed E-state index contributed by atoms with van der Waals surface area (Å²) in [5, 5.41) is 17.3. The maximum atomic E-state index is 12.7. The molecule has 4 N–H and O–H groups in total. The number of carbonyl (C=O) groups excluding carboxylic acids is 1. The summed E-state index contributed by atoms with van der Waals surface area (Å²) in [6.07, 6.45) is 2.43. The number of nitrogens with two attached hydrogens (primary N) is 1. The first-order valence-electron chi connectivity index (χ1n) is 12.9. The van der Waals surface area contributed by atoms with Gasteiger partial charge in [0.05, 0.1) is 17.1 Å². The molecule has 1 amide bonds. The van der Waals surface area contributed by atoms with Gasteiger partial charge in [-0.25, -0.2) is 4.68 Å². The van der Waals surface area contributed by atoms with E-state index in [1.165, 1.54) is 0 Å². The number of carbonyl (C=O) groups is 1. The molecular formula is C32H31N5O2. The van der Waals surface area contributed by atoms with Crippen molar-refractivity contribution in [2.75, 3.05) is 6.54 Å². The smallest absolute Gasteiger partial charge is 0.251 e. The summed E-state index contributed by atoms with van der Waals surface area (Å²) < 4.78 is 1.89. The van der Waals surface area contributed by atoms with Gasteiger partial charge in [-0.3, -0.25) is 9.78 Å². The lowest BCUT2D eigenvalue weighted by molar-refractivity contribution is 0.0954. The van der Waals surface area contributed by atoms with E-state index in [4.69, 9.17) is 10.8 Å². The zero-order valence-electron chi connectivity index (χ0n) is 22.0. The summed E-state index contributed by atoms with van der Waals surface area (Å²) in [5.74, 6) is 0.0934. The zero-order chi connectivity index (χ0) is 27.4. The molecule has 2 heterocycles. The maximum Gasteiger partial charge on any atom is 0.251 e. The Morgan fingerprint density at radius 2 is 1.64 bits per heavy atom. The lowest BCUT2D eigenvalue weighted by Crippen LogP contribution is -2.28. The van der Waals surface area contributed by atoms with E-state index in [-0.39, 0.29) is 11.7 Å². The molecule has 7 nitrogen and oxygen atoms in total. The highest BCUT2D eigenvalue weighted by atomic mass is 16.3. The van der Waals surface area contributed by atoms with Gasteiger partial charge in [-0.1, -0.05) is 42.5 Å². The number of amides is 1. The predicted molar refractivity (Wildman–Crippen MR) is 154 cm³/mol. The van der Waals surface area contributed by atoms with Crippen LogP contribution in [0.4, 0.5) is 0 Å². The number of rotatable bonds is 8. The van der Waals surface area contributed by atoms with Crippen molar-refractivity contribution in [2.24, 2.45) is 5.73 Å². The molecular weight excluding hydrogens is 486 g/mol. The van der Waals surface area contributed by atoms with Crippen LogP contribution in [-0.2, 0) is 12.0 Å². The van der Waals surface area contributed by atoms with E-state index in [0.717, 1.165) is 39.5 Å². The van der Waals surface area contributed by atoms with Crippen molar-refractivity contribution in [2.45, 2.75) is 25.8 Å². The summed E-state index contributed by atoms with van der Waals surface area (Å²) in [7, 11) is 0. The number of pyridine rings is 1. The van der Waals surface area contributed by atoms with Crippen LogP contribution in [0.2, 0.25) is 0 Å². The fraction of sp³-hybridized carbons (Fsp3) is 0.156. The monoisotopic (exact) mass is 517 g/mol. The van der Waals surface area contributed by atoms with E-state index in [9.17, 15) is 9.90 Å². The van der Waals surface area contributed by atoms with Gasteiger partial charge in [-0.15, -0.1) is 0 Å². The molecule has 0 spiro atoms. The molecule has 0 bridgehead atoms. The van der Waals surface area contributed by atoms with Gasteiger partial charge >= 0.3 is 0 Å². The fourth-order valence-corrected chi connectivity index (χ4v) is 4.33. The van der Waals surface area contributed by atoms with Crippen LogP contribution >= 0.6 is 0 Å². The first-order valence-corrected chi connectivity index (χ1v) is 12.9. The molecule has 0 aliphatic carbocycles. The second kappa shape index (κ2) is 10.9. The maximum absolute atomic E-state index is 12.7. The molecule has 0 aliphatic rings. The van der Waals surface area contributed by atoms with Gasteiger partial charge in [-0.05, 0) is 86.0 Å². The second-order valence-electron chi connectivity index (χ2n) is 10.1. The normalized spacial score (nSPS) is 11.4. The van der Waals surface area contributed by atoms with Crippen LogP contribution in [0.3, 0.4) is 0 Å². The van der Waals surface area contributed by atoms with Crippen LogP contribution in [-0.4, -0.2) is 32.3 Å². The van der Waals surface area contributed by atoms with Crippen LogP contribution in [0.25, 0.3) is 28.3 Å². The van der Waals surface area contributed by atoms with Crippen molar-refractivity contribution in [3.8, 4) is 34.1 Å². The van der Waals surface area contributed by atoms with E-state index in [0.29, 0.717) is 18.5 Å². The Morgan fingerprint density at radius 1 is 0.923 bits per heavy atom. The van der Waals surface area contributed by atoms with Crippen molar-refractivity contribution in [3.63, 3.8) is 0 Å². The molecule has 0 atom stereocenters. The lowest BCUT2D eigenvalue weighted by Gasteiger charge is -2.19. The van der Waals surface area contributed by atoms with E-state index >= 15 is 0 Å². The molecule has 5 aromatic rings. The van der Waals surface area contributed by atoms with Gasteiger partial charge in [-0.2, -0.15) is 5.10 Å². The highest BCUT2D eigenvalue weighted by Gasteiger charge is 2.17. The first-order chi connectivity index (χ1) is 18.8. The average Bonchev–Trinajstić information content (AvgIpc) is 3.40. The Bertz CT molecular complexity index is 1550. The number of nitrogens with one attached hydrogen (secondary N) is 1. The predicted octanol–water partition coefficient (Wildman–Crippen LogP) is 5.47. The quantitative estimate of drug-likeness (QED) is 0.253. The van der Waals surface area contributed by atoms with E-state index in [1.54, 1.807) is 18.3 Å². The van der Waals surface area contributed by atoms with E-state index in [1.807, 2.05) is 103 Å². The Morgan fingerprint density at radius 3 is 2.28 bits per heavy atom. The Balaban J connectivity index is 1.39. The lowest BCUT2D eigenvalue weighted by atomic mass is 9.95. The minimum absolute atomic E-state index is 0.136. The number of phenolic OH excluding ortho intramolecular Hbond substituents is 1. The number of nitrogens with zero attached hydrogens (tertiary/aromatic N) is 3. The van der Waals surface area contributed by atoms with Gasteiger partial charge in [0.2, 0.25) is 0 Å². The summed E-state index contributed by atoms with van der Waals surface area (Å²) in [4.78, 5) is 17.2. The third-order valence-electron chi connectivity index (χ3n) is 6.57. The molecule has 0 saturated heterocycles. The third kappa shape index (κ3) is 6.05. The zero-order valence-corrected chi connectivity index (χ0v) is 22.0. The van der Waals surface area contributed by atoms with Crippen LogP contribution in [0, 0.1) is 0 Å². The Hall–Kier alpha value is -4.75. The van der Waals surface area contributed by atoms with Crippen molar-refractivity contribution in [1.82, 2.24) is 20.1 Å². The minimum atomic E-state index is -0.439. The largest absolute Gasteiger partial charge is 0.508 e. The van der Waals surface area contributed by atoms with E-state index in [2.05, 4.69) is 10.3 Å². The Labute approximate surface area is 228 Å². The fourth-order valence-electron chi connectivity index (χ4n) is 4.33. The number of hydrogen-bond donors (Lipinski definition) is 3. The third-order valence-corrected chi connectivity index (χ3v) is 6.57. The average molecular weight is 518 g/mol. The second-order valence-corrected chi connectivity index (χ2v) is 10.1. The SMILES string of the molecule is CC(C)(N)c1ccc(-n2nc(-c3ccccn3)cc2-c2ccc(C(=O)NCCc3ccc(O)cc3)cc2)cc1. The Kier molecular flexibility index (Phi) is 7.25. The molecule has 196 valence electrons. The van der Waals surface area contributed by atoms with Gasteiger partial charge in [0.15, 0.2) is 0 Å². The number of phenols is 1. The minimum Gasteiger partial charge on any atom is -0.508 e. The van der Waals surface area contributed by atoms with Crippen LogP contribution in [0.1, 0.15) is 35.3 Å². The number of aromatic hydroxyl groups is 1. The van der Waals surface area contributed by atoms with Gasteiger partial charge < -0.3 is 16.2 Å². The number of aromatic nitrogens is 3. The molecule has 2 aromatic heterocycles. The molecule has 0 aliphatic heterocycles. The van der Waals surface area contributed by atoms with Crippen LogP contribution < -0.4 is 11.1 Å². The van der Waals surface area contributed by atoms with Gasteiger partial charge in [0.1, 0.15) is 11.4 Å². The van der Waals surface area contributed by atoms with Gasteiger partial charge in [0.25, 0.3) is 5.91 Å². The molecule has 39 heavy (non-hydrogen) atoms. The standard InChI is InChI=1S/C32H31N5O2/c1-32(2,33)25-12-14-26(15-13-25)37-30(21-29(36-37)28-5-3-4-19-34-28)23-8-10-24(11-9-23)31(39)35-20-18-22-6-16-27(38)17-7-22/h3-17,19,21,38H,18,20,33H2,1-2H3,(H,35,39). The molecule has 0 unspecified atom stereocenters. The van der Waals surface area contributed by atoms with Crippen molar-refractivity contribution in [1.29, 1.82) is 0 Å². The molecule has 0 saturated carbocycles. The highest BCUT2D eigenvalue weighted by molar-refractivity contribution is 5.94. The highest BCUT2D eigenvalue weighted by Crippen LogP contribution is 2.29. The van der Waals surface area contributed by atoms with Crippen molar-refractivity contribution < 1.29 is 9.90 Å². The van der Waals surface area contributed by atoms with Crippen molar-refractivity contribution >= 4 is 5.91 Å².